The highest BCUT2D eigenvalue weighted by atomic mass is 16.7. The van der Waals surface area contributed by atoms with Crippen molar-refractivity contribution in [3.8, 4) is 11.5 Å². The summed E-state index contributed by atoms with van der Waals surface area (Å²) in [7, 11) is 0. The number of ether oxygens (including phenoxy) is 2. The Hall–Kier alpha value is -2.77. The van der Waals surface area contributed by atoms with E-state index in [0.717, 1.165) is 38.1 Å². The number of urea groups is 1. The van der Waals surface area contributed by atoms with Crippen LogP contribution in [0, 0.1) is 0 Å². The molecule has 1 atom stereocenters. The number of hydrogen-bond donors (Lipinski definition) is 1. The van der Waals surface area contributed by atoms with Gasteiger partial charge >= 0.3 is 6.03 Å². The first-order valence-electron chi connectivity index (χ1n) is 10.5. The second-order valence-corrected chi connectivity index (χ2v) is 8.10. The van der Waals surface area contributed by atoms with Gasteiger partial charge in [-0.25, -0.2) is 4.79 Å². The molecule has 154 valence electrons. The molecule has 1 saturated carbocycles. The minimum Gasteiger partial charge on any atom is -0.454 e. The van der Waals surface area contributed by atoms with Crippen LogP contribution in [-0.2, 0) is 0 Å². The van der Waals surface area contributed by atoms with Crippen LogP contribution < -0.4 is 14.8 Å². The topological polar surface area (TPSA) is 89.7 Å². The standard InChI is InChI=1S/C21H26N4O4/c26-21(22-16-8-9-17-18(11-16)28-13-27-17)25-10-4-7-15(12-25)20-24-23-19(29-20)14-5-2-1-3-6-14/h8-9,11,14-15H,1-7,10,12-13H2,(H,22,26). The van der Waals surface area contributed by atoms with Crippen LogP contribution in [0.1, 0.15) is 68.6 Å². The van der Waals surface area contributed by atoms with E-state index in [1.807, 2.05) is 17.0 Å². The monoisotopic (exact) mass is 398 g/mol. The predicted molar refractivity (Wildman–Crippen MR) is 105 cm³/mol. The molecule has 0 radical (unpaired) electrons. The molecule has 2 aliphatic heterocycles. The molecule has 1 aromatic heterocycles. The Morgan fingerprint density at radius 2 is 1.72 bits per heavy atom. The summed E-state index contributed by atoms with van der Waals surface area (Å²) in [5.41, 5.74) is 0.693. The number of nitrogens with zero attached hydrogens (tertiary/aromatic N) is 3. The number of fused-ring (bicyclic) bond motifs is 1. The highest BCUT2D eigenvalue weighted by molar-refractivity contribution is 5.89. The fraction of sp³-hybridized carbons (Fsp3) is 0.571. The molecule has 5 rings (SSSR count). The van der Waals surface area contributed by atoms with Crippen LogP contribution in [0.4, 0.5) is 10.5 Å². The van der Waals surface area contributed by atoms with E-state index in [4.69, 9.17) is 13.9 Å². The molecule has 1 aromatic carbocycles. The average molecular weight is 398 g/mol. The lowest BCUT2D eigenvalue weighted by Gasteiger charge is -2.31. The molecule has 29 heavy (non-hydrogen) atoms. The van der Waals surface area contributed by atoms with Crippen LogP contribution in [0.3, 0.4) is 0 Å². The zero-order chi connectivity index (χ0) is 19.6. The van der Waals surface area contributed by atoms with Crippen molar-refractivity contribution in [3.05, 3.63) is 30.0 Å². The van der Waals surface area contributed by atoms with Gasteiger partial charge in [0.05, 0.1) is 5.92 Å². The van der Waals surface area contributed by atoms with Gasteiger partial charge in [0.1, 0.15) is 0 Å². The number of anilines is 1. The van der Waals surface area contributed by atoms with Crippen molar-refractivity contribution < 1.29 is 18.7 Å². The first kappa shape index (κ1) is 18.3. The van der Waals surface area contributed by atoms with Gasteiger partial charge in [0.25, 0.3) is 0 Å². The third kappa shape index (κ3) is 3.88. The van der Waals surface area contributed by atoms with E-state index in [0.29, 0.717) is 35.5 Å². The number of hydrogen-bond acceptors (Lipinski definition) is 6. The van der Waals surface area contributed by atoms with Crippen molar-refractivity contribution in [3.63, 3.8) is 0 Å². The highest BCUT2D eigenvalue weighted by Gasteiger charge is 2.30. The van der Waals surface area contributed by atoms with Crippen molar-refractivity contribution in [2.75, 3.05) is 25.2 Å². The number of piperidine rings is 1. The number of carbonyl (C=O) groups is 1. The fourth-order valence-corrected chi connectivity index (χ4v) is 4.47. The van der Waals surface area contributed by atoms with E-state index in [-0.39, 0.29) is 18.7 Å². The number of likely N-dealkylation sites (tertiary alicyclic amines) is 1. The van der Waals surface area contributed by atoms with Crippen molar-refractivity contribution in [1.82, 2.24) is 15.1 Å². The number of amides is 2. The Morgan fingerprint density at radius 1 is 0.966 bits per heavy atom. The molecule has 3 heterocycles. The maximum atomic E-state index is 12.8. The lowest BCUT2D eigenvalue weighted by atomic mass is 9.89. The Bertz CT molecular complexity index is 877. The fourth-order valence-electron chi connectivity index (χ4n) is 4.47. The summed E-state index contributed by atoms with van der Waals surface area (Å²) < 4.78 is 16.7. The highest BCUT2D eigenvalue weighted by Crippen LogP contribution is 2.35. The summed E-state index contributed by atoms with van der Waals surface area (Å²) in [6.07, 6.45) is 7.92. The van der Waals surface area contributed by atoms with Gasteiger partial charge in [-0.2, -0.15) is 0 Å². The second-order valence-electron chi connectivity index (χ2n) is 8.10. The van der Waals surface area contributed by atoms with Crippen LogP contribution in [0.25, 0.3) is 0 Å². The molecular formula is C21H26N4O4. The Kier molecular flexibility index (Phi) is 4.99. The minimum absolute atomic E-state index is 0.0936. The molecule has 2 aromatic rings. The SMILES string of the molecule is O=C(Nc1ccc2c(c1)OCO2)N1CCCC(c2nnc(C3CCCCC3)o2)C1. The second kappa shape index (κ2) is 7.93. The Morgan fingerprint density at radius 3 is 2.59 bits per heavy atom. The Balaban J connectivity index is 1.22. The number of benzene rings is 1. The van der Waals surface area contributed by atoms with Crippen molar-refractivity contribution in [2.24, 2.45) is 0 Å². The number of nitrogens with one attached hydrogen (secondary N) is 1. The predicted octanol–water partition coefficient (Wildman–Crippen LogP) is 4.26. The minimum atomic E-state index is -0.124. The molecule has 1 unspecified atom stereocenters. The quantitative estimate of drug-likeness (QED) is 0.831. The summed E-state index contributed by atoms with van der Waals surface area (Å²) in [5.74, 6) is 3.30. The van der Waals surface area contributed by atoms with Gasteiger partial charge in [0.2, 0.25) is 18.6 Å². The zero-order valence-electron chi connectivity index (χ0n) is 16.4. The first-order valence-corrected chi connectivity index (χ1v) is 10.5. The smallest absolute Gasteiger partial charge is 0.321 e. The van der Waals surface area contributed by atoms with E-state index in [1.165, 1.54) is 19.3 Å². The van der Waals surface area contributed by atoms with E-state index in [9.17, 15) is 4.79 Å². The summed E-state index contributed by atoms with van der Waals surface area (Å²) in [6.45, 7) is 1.52. The van der Waals surface area contributed by atoms with Gasteiger partial charge in [-0.1, -0.05) is 19.3 Å². The first-order chi connectivity index (χ1) is 14.3. The van der Waals surface area contributed by atoms with Crippen molar-refractivity contribution in [1.29, 1.82) is 0 Å². The molecule has 2 fully saturated rings. The number of carbonyl (C=O) groups excluding carboxylic acids is 1. The number of rotatable bonds is 3. The van der Waals surface area contributed by atoms with Gasteiger partial charge in [-0.15, -0.1) is 10.2 Å². The Labute approximate surface area is 169 Å². The van der Waals surface area contributed by atoms with E-state index >= 15 is 0 Å². The lowest BCUT2D eigenvalue weighted by Crippen LogP contribution is -2.41. The van der Waals surface area contributed by atoms with Gasteiger partial charge in [0, 0.05) is 30.8 Å². The summed E-state index contributed by atoms with van der Waals surface area (Å²) in [5, 5.41) is 11.6. The maximum Gasteiger partial charge on any atom is 0.321 e. The zero-order valence-corrected chi connectivity index (χ0v) is 16.4. The van der Waals surface area contributed by atoms with Gasteiger partial charge in [-0.05, 0) is 37.8 Å². The van der Waals surface area contributed by atoms with E-state index in [1.54, 1.807) is 6.07 Å². The number of aromatic nitrogens is 2. The third-order valence-corrected chi connectivity index (χ3v) is 6.09. The van der Waals surface area contributed by atoms with E-state index in [2.05, 4.69) is 15.5 Å². The molecule has 0 spiro atoms. The van der Waals surface area contributed by atoms with Gasteiger partial charge in [-0.3, -0.25) is 0 Å². The van der Waals surface area contributed by atoms with Crippen molar-refractivity contribution in [2.45, 2.75) is 56.8 Å². The summed E-state index contributed by atoms with van der Waals surface area (Å²) in [6, 6.07) is 5.29. The van der Waals surface area contributed by atoms with Crippen molar-refractivity contribution >= 4 is 11.7 Å². The molecule has 8 nitrogen and oxygen atoms in total. The summed E-state index contributed by atoms with van der Waals surface area (Å²) in [4.78, 5) is 14.6. The molecule has 2 amide bonds. The largest absolute Gasteiger partial charge is 0.454 e. The van der Waals surface area contributed by atoms with Gasteiger partial charge < -0.3 is 24.1 Å². The van der Waals surface area contributed by atoms with E-state index < -0.39 is 0 Å². The van der Waals surface area contributed by atoms with Crippen LogP contribution in [0.5, 0.6) is 11.5 Å². The molecular weight excluding hydrogens is 372 g/mol. The molecule has 1 N–H and O–H groups in total. The molecule has 1 saturated heterocycles. The van der Waals surface area contributed by atoms with Crippen LogP contribution in [-0.4, -0.2) is 41.0 Å². The van der Waals surface area contributed by atoms with Crippen LogP contribution in [0.2, 0.25) is 0 Å². The molecule has 3 aliphatic rings. The van der Waals surface area contributed by atoms with Crippen LogP contribution in [0.15, 0.2) is 22.6 Å². The summed E-state index contributed by atoms with van der Waals surface area (Å²) >= 11 is 0. The van der Waals surface area contributed by atoms with Crippen LogP contribution >= 0.6 is 0 Å². The average Bonchev–Trinajstić information content (AvgIpc) is 3.44. The lowest BCUT2D eigenvalue weighted by molar-refractivity contribution is 0.174. The normalized spacial score (nSPS) is 21.9. The third-order valence-electron chi connectivity index (χ3n) is 6.09. The van der Waals surface area contributed by atoms with Gasteiger partial charge in [0.15, 0.2) is 11.5 Å². The maximum absolute atomic E-state index is 12.8. The molecule has 0 bridgehead atoms. The molecule has 1 aliphatic carbocycles. The molecule has 8 heteroatoms.